The first kappa shape index (κ1) is 19.3. The minimum absolute atomic E-state index is 0.119. The number of halogens is 1. The number of hydrogen-bond donors (Lipinski definition) is 1. The maximum atomic E-state index is 13.1. The summed E-state index contributed by atoms with van der Waals surface area (Å²) in [4.78, 5) is 38.0. The van der Waals surface area contributed by atoms with Crippen LogP contribution in [0.4, 0.5) is 21.7 Å². The largest absolute Gasteiger partial charge is 0.341 e. The summed E-state index contributed by atoms with van der Waals surface area (Å²) >= 11 is 0. The summed E-state index contributed by atoms with van der Waals surface area (Å²) < 4.78 is 13.1. The van der Waals surface area contributed by atoms with Crippen LogP contribution in [0.1, 0.15) is 30.7 Å². The third-order valence-corrected chi connectivity index (χ3v) is 5.53. The average Bonchev–Trinajstić information content (AvgIpc) is 3.35. The lowest BCUT2D eigenvalue weighted by Crippen LogP contribution is -2.29. The molecule has 1 unspecified atom stereocenters. The van der Waals surface area contributed by atoms with Crippen molar-refractivity contribution >= 4 is 29.1 Å². The van der Waals surface area contributed by atoms with E-state index in [4.69, 9.17) is 0 Å². The van der Waals surface area contributed by atoms with E-state index in [1.54, 1.807) is 12.1 Å². The SMILES string of the molecule is Cc1nc(N2CCCC2)nc(C)c1NC(=O)C1CC(=O)N(c2ccc(F)cc2)C1. The molecule has 2 aliphatic heterocycles. The molecule has 7 nitrogen and oxygen atoms in total. The van der Waals surface area contributed by atoms with Gasteiger partial charge in [-0.2, -0.15) is 0 Å². The molecule has 0 radical (unpaired) electrons. The smallest absolute Gasteiger partial charge is 0.229 e. The van der Waals surface area contributed by atoms with E-state index < -0.39 is 5.92 Å². The Hall–Kier alpha value is -3.03. The van der Waals surface area contributed by atoms with E-state index >= 15 is 0 Å². The summed E-state index contributed by atoms with van der Waals surface area (Å²) in [7, 11) is 0. The predicted octanol–water partition coefficient (Wildman–Crippen LogP) is 2.82. The maximum absolute atomic E-state index is 13.1. The van der Waals surface area contributed by atoms with Crippen LogP contribution in [0.25, 0.3) is 0 Å². The Balaban J connectivity index is 1.47. The highest BCUT2D eigenvalue weighted by Gasteiger charge is 2.35. The Kier molecular flexibility index (Phi) is 5.17. The van der Waals surface area contributed by atoms with Gasteiger partial charge in [-0.3, -0.25) is 9.59 Å². The predicted molar refractivity (Wildman–Crippen MR) is 108 cm³/mol. The van der Waals surface area contributed by atoms with Gasteiger partial charge in [-0.05, 0) is 51.0 Å². The van der Waals surface area contributed by atoms with Crippen LogP contribution in [0.5, 0.6) is 0 Å². The lowest BCUT2D eigenvalue weighted by Gasteiger charge is -2.19. The van der Waals surface area contributed by atoms with Crippen molar-refractivity contribution in [1.82, 2.24) is 9.97 Å². The zero-order valence-electron chi connectivity index (χ0n) is 16.6. The molecule has 2 fully saturated rings. The van der Waals surface area contributed by atoms with E-state index in [2.05, 4.69) is 20.2 Å². The number of aromatic nitrogens is 2. The lowest BCUT2D eigenvalue weighted by molar-refractivity contribution is -0.122. The lowest BCUT2D eigenvalue weighted by atomic mass is 10.1. The molecule has 0 bridgehead atoms. The standard InChI is InChI=1S/C21H24FN5O2/c1-13-19(14(2)24-21(23-13)26-9-3-4-10-26)25-20(29)15-11-18(28)27(12-15)17-7-5-16(22)6-8-17/h5-8,15H,3-4,9-12H2,1-2H3,(H,25,29). The molecule has 0 aliphatic carbocycles. The Morgan fingerprint density at radius 2 is 1.72 bits per heavy atom. The molecule has 2 aliphatic rings. The summed E-state index contributed by atoms with van der Waals surface area (Å²) in [5.74, 6) is -0.519. The number of benzene rings is 1. The molecule has 0 saturated carbocycles. The van der Waals surface area contributed by atoms with Crippen LogP contribution in [-0.4, -0.2) is 41.4 Å². The zero-order chi connectivity index (χ0) is 20.5. The Labute approximate surface area is 168 Å². The van der Waals surface area contributed by atoms with Gasteiger partial charge in [-0.15, -0.1) is 0 Å². The first-order chi connectivity index (χ1) is 13.9. The second-order valence-corrected chi connectivity index (χ2v) is 7.63. The Morgan fingerprint density at radius 1 is 1.10 bits per heavy atom. The van der Waals surface area contributed by atoms with Gasteiger partial charge in [0.1, 0.15) is 5.82 Å². The number of anilines is 3. The van der Waals surface area contributed by atoms with Gasteiger partial charge in [-0.1, -0.05) is 0 Å². The van der Waals surface area contributed by atoms with Crippen molar-refractivity contribution in [3.63, 3.8) is 0 Å². The first-order valence-corrected chi connectivity index (χ1v) is 9.89. The van der Waals surface area contributed by atoms with Crippen LogP contribution >= 0.6 is 0 Å². The number of nitrogens with one attached hydrogen (secondary N) is 1. The molecular formula is C21H24FN5O2. The number of hydrogen-bond acceptors (Lipinski definition) is 5. The van der Waals surface area contributed by atoms with E-state index in [-0.39, 0.29) is 30.6 Å². The summed E-state index contributed by atoms with van der Waals surface area (Å²) in [6.45, 7) is 5.88. The van der Waals surface area contributed by atoms with Crippen LogP contribution in [0.2, 0.25) is 0 Å². The Morgan fingerprint density at radius 3 is 2.34 bits per heavy atom. The minimum atomic E-state index is -0.482. The fourth-order valence-corrected chi connectivity index (χ4v) is 3.92. The molecule has 1 atom stereocenters. The molecule has 3 heterocycles. The fourth-order valence-electron chi connectivity index (χ4n) is 3.92. The molecule has 2 aromatic rings. The van der Waals surface area contributed by atoms with E-state index in [1.807, 2.05) is 13.8 Å². The van der Waals surface area contributed by atoms with Gasteiger partial charge in [-0.25, -0.2) is 14.4 Å². The fraction of sp³-hybridized carbons (Fsp3) is 0.429. The van der Waals surface area contributed by atoms with E-state index in [0.29, 0.717) is 28.7 Å². The van der Waals surface area contributed by atoms with Crippen molar-refractivity contribution in [2.45, 2.75) is 33.1 Å². The highest BCUT2D eigenvalue weighted by molar-refractivity contribution is 6.03. The number of amides is 2. The highest BCUT2D eigenvalue weighted by Crippen LogP contribution is 2.28. The van der Waals surface area contributed by atoms with Crippen molar-refractivity contribution in [1.29, 1.82) is 0 Å². The molecule has 0 spiro atoms. The maximum Gasteiger partial charge on any atom is 0.229 e. The molecular weight excluding hydrogens is 373 g/mol. The van der Waals surface area contributed by atoms with E-state index in [0.717, 1.165) is 25.9 Å². The number of nitrogens with zero attached hydrogens (tertiary/aromatic N) is 4. The quantitative estimate of drug-likeness (QED) is 0.858. The van der Waals surface area contributed by atoms with Crippen LogP contribution < -0.4 is 15.1 Å². The normalized spacial score (nSPS) is 19.1. The molecule has 1 aromatic carbocycles. The van der Waals surface area contributed by atoms with Crippen LogP contribution in [0, 0.1) is 25.6 Å². The van der Waals surface area contributed by atoms with Crippen molar-refractivity contribution < 1.29 is 14.0 Å². The zero-order valence-corrected chi connectivity index (χ0v) is 16.6. The molecule has 2 saturated heterocycles. The second kappa shape index (κ2) is 7.77. The molecule has 29 heavy (non-hydrogen) atoms. The Bertz CT molecular complexity index is 918. The van der Waals surface area contributed by atoms with E-state index in [1.165, 1.54) is 17.0 Å². The van der Waals surface area contributed by atoms with Gasteiger partial charge in [0.2, 0.25) is 17.8 Å². The van der Waals surface area contributed by atoms with Gasteiger partial charge in [0, 0.05) is 31.7 Å². The summed E-state index contributed by atoms with van der Waals surface area (Å²) in [5.41, 5.74) is 2.63. The summed E-state index contributed by atoms with van der Waals surface area (Å²) in [6, 6.07) is 5.71. The molecule has 1 N–H and O–H groups in total. The van der Waals surface area contributed by atoms with Crippen LogP contribution in [0.15, 0.2) is 24.3 Å². The van der Waals surface area contributed by atoms with Gasteiger partial charge in [0.25, 0.3) is 0 Å². The third kappa shape index (κ3) is 3.92. The topological polar surface area (TPSA) is 78.4 Å². The summed E-state index contributed by atoms with van der Waals surface area (Å²) in [5, 5.41) is 2.92. The molecule has 8 heteroatoms. The number of aryl methyl sites for hydroxylation is 2. The van der Waals surface area contributed by atoms with Gasteiger partial charge < -0.3 is 15.1 Å². The van der Waals surface area contributed by atoms with Crippen LogP contribution in [0.3, 0.4) is 0 Å². The number of carbonyl (C=O) groups excluding carboxylic acids is 2. The molecule has 2 amide bonds. The average molecular weight is 397 g/mol. The van der Waals surface area contributed by atoms with E-state index in [9.17, 15) is 14.0 Å². The number of rotatable bonds is 4. The molecule has 1 aromatic heterocycles. The second-order valence-electron chi connectivity index (χ2n) is 7.63. The molecule has 4 rings (SSSR count). The van der Waals surface area contributed by atoms with Crippen molar-refractivity contribution in [2.75, 3.05) is 34.8 Å². The van der Waals surface area contributed by atoms with Crippen molar-refractivity contribution in [3.05, 3.63) is 41.5 Å². The highest BCUT2D eigenvalue weighted by atomic mass is 19.1. The van der Waals surface area contributed by atoms with Crippen molar-refractivity contribution in [3.8, 4) is 0 Å². The van der Waals surface area contributed by atoms with Crippen LogP contribution in [-0.2, 0) is 9.59 Å². The third-order valence-electron chi connectivity index (χ3n) is 5.53. The minimum Gasteiger partial charge on any atom is -0.341 e. The monoisotopic (exact) mass is 397 g/mol. The molecule has 152 valence electrons. The van der Waals surface area contributed by atoms with Gasteiger partial charge in [0.05, 0.1) is 23.0 Å². The van der Waals surface area contributed by atoms with Gasteiger partial charge >= 0.3 is 0 Å². The summed E-state index contributed by atoms with van der Waals surface area (Å²) in [6.07, 6.45) is 2.40. The van der Waals surface area contributed by atoms with Gasteiger partial charge in [0.15, 0.2) is 0 Å². The number of carbonyl (C=O) groups is 2. The van der Waals surface area contributed by atoms with Crippen molar-refractivity contribution in [2.24, 2.45) is 5.92 Å². The first-order valence-electron chi connectivity index (χ1n) is 9.89.